The Balaban J connectivity index is 2.42. The van der Waals surface area contributed by atoms with Gasteiger partial charge < -0.3 is 15.5 Å². The minimum Gasteiger partial charge on any atom is -0.364 e. The van der Waals surface area contributed by atoms with Crippen molar-refractivity contribution in [2.75, 3.05) is 43.9 Å². The Bertz CT molecular complexity index is 559. The highest BCUT2D eigenvalue weighted by Crippen LogP contribution is 2.28. The maximum absolute atomic E-state index is 12.3. The summed E-state index contributed by atoms with van der Waals surface area (Å²) < 4.78 is 24.5. The molecule has 6 heteroatoms. The first-order chi connectivity index (χ1) is 9.49. The number of rotatable bonds is 4. The Morgan fingerprint density at radius 1 is 1.30 bits per heavy atom. The van der Waals surface area contributed by atoms with Gasteiger partial charge in [0.1, 0.15) is 0 Å². The Hall–Kier alpha value is -1.11. The van der Waals surface area contributed by atoms with E-state index in [1.165, 1.54) is 0 Å². The molecule has 20 heavy (non-hydrogen) atoms. The van der Waals surface area contributed by atoms with Gasteiger partial charge in [0.2, 0.25) is 0 Å². The average molecular weight is 297 g/mol. The normalized spacial score (nSPS) is 21.1. The fourth-order valence-electron chi connectivity index (χ4n) is 2.64. The van der Waals surface area contributed by atoms with E-state index in [2.05, 4.69) is 16.8 Å². The van der Waals surface area contributed by atoms with Crippen LogP contribution >= 0.6 is 0 Å². The lowest BCUT2D eigenvalue weighted by atomic mass is 10.1. The Labute approximate surface area is 121 Å². The number of nitrogens with two attached hydrogens (primary N) is 1. The van der Waals surface area contributed by atoms with Crippen LogP contribution in [0.5, 0.6) is 0 Å². The van der Waals surface area contributed by atoms with Gasteiger partial charge in [-0.15, -0.1) is 0 Å². The molecule has 0 aliphatic carbocycles. The van der Waals surface area contributed by atoms with Crippen LogP contribution < -0.4 is 10.6 Å². The van der Waals surface area contributed by atoms with E-state index in [4.69, 9.17) is 5.73 Å². The Kier molecular flexibility index (Phi) is 4.67. The summed E-state index contributed by atoms with van der Waals surface area (Å²) in [5.74, 6) is 0.116. The molecule has 0 saturated carbocycles. The molecule has 1 heterocycles. The standard InChI is InChI=1S/C14H23N3O2S/c1-3-20(18,19)14-7-5-4-6-13(14)17-9-8-16(2)11-12(17)10-15/h4-7,12H,3,8-11,15H2,1-2H3. The van der Waals surface area contributed by atoms with Crippen molar-refractivity contribution in [3.05, 3.63) is 24.3 Å². The van der Waals surface area contributed by atoms with Crippen molar-refractivity contribution >= 4 is 15.5 Å². The van der Waals surface area contributed by atoms with Crippen molar-refractivity contribution in [2.45, 2.75) is 17.9 Å². The van der Waals surface area contributed by atoms with Crippen molar-refractivity contribution < 1.29 is 8.42 Å². The maximum Gasteiger partial charge on any atom is 0.180 e. The zero-order chi connectivity index (χ0) is 14.8. The first-order valence-electron chi connectivity index (χ1n) is 6.96. The predicted molar refractivity (Wildman–Crippen MR) is 81.9 cm³/mol. The first-order valence-corrected chi connectivity index (χ1v) is 8.62. The summed E-state index contributed by atoms with van der Waals surface area (Å²) in [6.07, 6.45) is 0. The van der Waals surface area contributed by atoms with Gasteiger partial charge in [0.15, 0.2) is 9.84 Å². The second kappa shape index (κ2) is 6.11. The lowest BCUT2D eigenvalue weighted by Crippen LogP contribution is -2.55. The molecule has 1 aliphatic rings. The van der Waals surface area contributed by atoms with Crippen LogP contribution in [0.2, 0.25) is 0 Å². The number of anilines is 1. The monoisotopic (exact) mass is 297 g/mol. The molecule has 1 aliphatic heterocycles. The van der Waals surface area contributed by atoms with Crippen molar-refractivity contribution in [1.82, 2.24) is 4.90 Å². The second-order valence-corrected chi connectivity index (χ2v) is 7.46. The summed E-state index contributed by atoms with van der Waals surface area (Å²) in [7, 11) is -1.16. The highest BCUT2D eigenvalue weighted by molar-refractivity contribution is 7.91. The molecule has 1 atom stereocenters. The van der Waals surface area contributed by atoms with Crippen LogP contribution in [0.15, 0.2) is 29.2 Å². The van der Waals surface area contributed by atoms with Crippen LogP contribution in [0.25, 0.3) is 0 Å². The molecule has 0 aromatic heterocycles. The van der Waals surface area contributed by atoms with E-state index in [-0.39, 0.29) is 11.8 Å². The van der Waals surface area contributed by atoms with Gasteiger partial charge in [-0.05, 0) is 19.2 Å². The quantitative estimate of drug-likeness (QED) is 0.879. The molecule has 1 fully saturated rings. The van der Waals surface area contributed by atoms with E-state index >= 15 is 0 Å². The van der Waals surface area contributed by atoms with Gasteiger partial charge in [0.05, 0.1) is 22.4 Å². The van der Waals surface area contributed by atoms with Gasteiger partial charge in [-0.3, -0.25) is 0 Å². The first kappa shape index (κ1) is 15.3. The van der Waals surface area contributed by atoms with Gasteiger partial charge in [0, 0.05) is 26.2 Å². The summed E-state index contributed by atoms with van der Waals surface area (Å²) in [6.45, 7) is 4.77. The number of para-hydroxylation sites is 1. The molecule has 1 aromatic carbocycles. The van der Waals surface area contributed by atoms with Gasteiger partial charge >= 0.3 is 0 Å². The molecule has 0 spiro atoms. The molecule has 5 nitrogen and oxygen atoms in total. The van der Waals surface area contributed by atoms with Crippen molar-refractivity contribution in [3.8, 4) is 0 Å². The van der Waals surface area contributed by atoms with Crippen LogP contribution in [-0.2, 0) is 9.84 Å². The molecular weight excluding hydrogens is 274 g/mol. The maximum atomic E-state index is 12.3. The largest absolute Gasteiger partial charge is 0.364 e. The van der Waals surface area contributed by atoms with E-state index in [1.54, 1.807) is 19.1 Å². The molecule has 0 bridgehead atoms. The van der Waals surface area contributed by atoms with Crippen LogP contribution in [-0.4, -0.2) is 58.3 Å². The summed E-state index contributed by atoms with van der Waals surface area (Å²) in [5.41, 5.74) is 6.66. The third kappa shape index (κ3) is 2.97. The fourth-order valence-corrected chi connectivity index (χ4v) is 3.74. The summed E-state index contributed by atoms with van der Waals surface area (Å²) in [6, 6.07) is 7.40. The SMILES string of the molecule is CCS(=O)(=O)c1ccccc1N1CCN(C)CC1CN. The molecule has 0 radical (unpaired) electrons. The van der Waals surface area contributed by atoms with Crippen LogP contribution in [0.4, 0.5) is 5.69 Å². The highest BCUT2D eigenvalue weighted by Gasteiger charge is 2.28. The van der Waals surface area contributed by atoms with Gasteiger partial charge in [0.25, 0.3) is 0 Å². The fraction of sp³-hybridized carbons (Fsp3) is 0.571. The van der Waals surface area contributed by atoms with Crippen LogP contribution in [0.3, 0.4) is 0 Å². The van der Waals surface area contributed by atoms with Crippen molar-refractivity contribution in [1.29, 1.82) is 0 Å². The van der Waals surface area contributed by atoms with Crippen LogP contribution in [0.1, 0.15) is 6.92 Å². The number of piperazine rings is 1. The molecule has 1 aromatic rings. The summed E-state index contributed by atoms with van der Waals surface area (Å²) >= 11 is 0. The average Bonchev–Trinajstić information content (AvgIpc) is 2.47. The zero-order valence-electron chi connectivity index (χ0n) is 12.1. The number of sulfone groups is 1. The second-order valence-electron chi connectivity index (χ2n) is 5.22. The molecule has 2 N–H and O–H groups in total. The smallest absolute Gasteiger partial charge is 0.180 e. The van der Waals surface area contributed by atoms with E-state index in [1.807, 2.05) is 12.1 Å². The van der Waals surface area contributed by atoms with Gasteiger partial charge in [-0.2, -0.15) is 0 Å². The molecular formula is C14H23N3O2S. The van der Waals surface area contributed by atoms with E-state index in [9.17, 15) is 8.42 Å². The summed E-state index contributed by atoms with van der Waals surface area (Å²) in [5, 5.41) is 0. The van der Waals surface area contributed by atoms with Crippen LogP contribution in [0, 0.1) is 0 Å². The van der Waals surface area contributed by atoms with Gasteiger partial charge in [-0.25, -0.2) is 8.42 Å². The number of benzene rings is 1. The predicted octanol–water partition coefficient (Wildman–Crippen LogP) is 0.559. The molecule has 112 valence electrons. The number of hydrogen-bond acceptors (Lipinski definition) is 5. The van der Waals surface area contributed by atoms with E-state index < -0.39 is 9.84 Å². The van der Waals surface area contributed by atoms with Crippen molar-refractivity contribution in [3.63, 3.8) is 0 Å². The molecule has 1 saturated heterocycles. The highest BCUT2D eigenvalue weighted by atomic mass is 32.2. The number of hydrogen-bond donors (Lipinski definition) is 1. The lowest BCUT2D eigenvalue weighted by molar-refractivity contribution is 0.269. The third-order valence-corrected chi connectivity index (χ3v) is 5.62. The zero-order valence-corrected chi connectivity index (χ0v) is 12.9. The minimum absolute atomic E-state index is 0.116. The Morgan fingerprint density at radius 2 is 2.00 bits per heavy atom. The molecule has 1 unspecified atom stereocenters. The van der Waals surface area contributed by atoms with E-state index in [0.29, 0.717) is 11.4 Å². The number of nitrogens with zero attached hydrogens (tertiary/aromatic N) is 2. The molecule has 0 amide bonds. The van der Waals surface area contributed by atoms with E-state index in [0.717, 1.165) is 25.3 Å². The number of likely N-dealkylation sites (N-methyl/N-ethyl adjacent to an activating group) is 1. The Morgan fingerprint density at radius 3 is 2.65 bits per heavy atom. The summed E-state index contributed by atoms with van der Waals surface area (Å²) in [4.78, 5) is 4.79. The van der Waals surface area contributed by atoms with Gasteiger partial charge in [-0.1, -0.05) is 19.1 Å². The third-order valence-electron chi connectivity index (χ3n) is 3.85. The minimum atomic E-state index is -3.22. The topological polar surface area (TPSA) is 66.6 Å². The molecule has 2 rings (SSSR count). The lowest BCUT2D eigenvalue weighted by Gasteiger charge is -2.41. The van der Waals surface area contributed by atoms with Crippen molar-refractivity contribution in [2.24, 2.45) is 5.73 Å².